The van der Waals surface area contributed by atoms with Gasteiger partial charge in [-0.05, 0) is 6.42 Å². The summed E-state index contributed by atoms with van der Waals surface area (Å²) in [5.41, 5.74) is -2.09. The summed E-state index contributed by atoms with van der Waals surface area (Å²) in [6.45, 7) is 1.02. The van der Waals surface area contributed by atoms with Crippen LogP contribution in [0.4, 0.5) is 30.7 Å². The topological polar surface area (TPSA) is 0 Å². The lowest BCUT2D eigenvalue weighted by molar-refractivity contribution is -0.0855. The minimum Gasteiger partial charge on any atom is -0.240 e. The number of halogens is 7. The van der Waals surface area contributed by atoms with Crippen molar-refractivity contribution >= 4 is 0 Å². The number of hydrogen-bond donors (Lipinski definition) is 0. The summed E-state index contributed by atoms with van der Waals surface area (Å²) in [6, 6.07) is -0.246. The lowest BCUT2D eigenvalue weighted by Crippen LogP contribution is -2.30. The van der Waals surface area contributed by atoms with Crippen molar-refractivity contribution in [3.8, 4) is 0 Å². The van der Waals surface area contributed by atoms with Gasteiger partial charge >= 0.3 is 5.92 Å². The maximum Gasteiger partial charge on any atom is 0.309 e. The third-order valence-electron chi connectivity index (χ3n) is 2.20. The Labute approximate surface area is 92.0 Å². The Morgan fingerprint density at radius 3 is 2.06 bits per heavy atom. The van der Waals surface area contributed by atoms with Crippen LogP contribution in [0.3, 0.4) is 0 Å². The van der Waals surface area contributed by atoms with Crippen molar-refractivity contribution in [2.45, 2.75) is 25.4 Å². The fourth-order valence-electron chi connectivity index (χ4n) is 1.28. The first-order chi connectivity index (χ1) is 7.73. The third-order valence-corrected chi connectivity index (χ3v) is 2.20. The number of benzene rings is 1. The van der Waals surface area contributed by atoms with E-state index in [1.165, 1.54) is 0 Å². The highest BCUT2D eigenvalue weighted by Crippen LogP contribution is 2.39. The Morgan fingerprint density at radius 1 is 1.06 bits per heavy atom. The SMILES string of the molecule is CCC(F)C(F)(F)c1c(F)cc(F)c(F)c1F. The predicted molar refractivity (Wildman–Crippen MR) is 45.4 cm³/mol. The van der Waals surface area contributed by atoms with E-state index in [4.69, 9.17) is 0 Å². The smallest absolute Gasteiger partial charge is 0.240 e. The van der Waals surface area contributed by atoms with Gasteiger partial charge < -0.3 is 0 Å². The summed E-state index contributed by atoms with van der Waals surface area (Å²) >= 11 is 0. The second kappa shape index (κ2) is 4.54. The van der Waals surface area contributed by atoms with E-state index in [-0.39, 0.29) is 6.07 Å². The van der Waals surface area contributed by atoms with Gasteiger partial charge in [-0.25, -0.2) is 22.0 Å². The zero-order valence-electron chi connectivity index (χ0n) is 8.51. The standard InChI is InChI=1S/C10H7F7/c1-2-6(13)10(16,17)7-4(11)3-5(12)8(14)9(7)15/h3,6H,2H2,1H3. The quantitative estimate of drug-likeness (QED) is 0.436. The van der Waals surface area contributed by atoms with Crippen LogP contribution in [0.2, 0.25) is 0 Å². The molecule has 7 heteroatoms. The largest absolute Gasteiger partial charge is 0.309 e. The molecule has 0 spiro atoms. The summed E-state index contributed by atoms with van der Waals surface area (Å²) in [6.07, 6.45) is -3.62. The molecule has 0 aliphatic heterocycles. The summed E-state index contributed by atoms with van der Waals surface area (Å²) in [5.74, 6) is -13.2. The van der Waals surface area contributed by atoms with Crippen LogP contribution in [0, 0.1) is 23.3 Å². The van der Waals surface area contributed by atoms with E-state index in [2.05, 4.69) is 0 Å². The molecule has 0 aliphatic rings. The fourth-order valence-corrected chi connectivity index (χ4v) is 1.28. The molecule has 1 unspecified atom stereocenters. The average Bonchev–Trinajstić information content (AvgIpc) is 2.24. The van der Waals surface area contributed by atoms with Crippen molar-refractivity contribution in [1.29, 1.82) is 0 Å². The van der Waals surface area contributed by atoms with Crippen LogP contribution in [0.15, 0.2) is 6.07 Å². The molecular weight excluding hydrogens is 253 g/mol. The summed E-state index contributed by atoms with van der Waals surface area (Å²) in [4.78, 5) is 0. The van der Waals surface area contributed by atoms with Gasteiger partial charge in [0.25, 0.3) is 0 Å². The molecule has 0 nitrogen and oxygen atoms in total. The van der Waals surface area contributed by atoms with Gasteiger partial charge in [-0.3, -0.25) is 0 Å². The van der Waals surface area contributed by atoms with E-state index in [1.807, 2.05) is 0 Å². The molecule has 0 saturated heterocycles. The van der Waals surface area contributed by atoms with Crippen molar-refractivity contribution in [2.24, 2.45) is 0 Å². The Hall–Kier alpha value is -1.27. The Balaban J connectivity index is 3.46. The zero-order chi connectivity index (χ0) is 13.4. The van der Waals surface area contributed by atoms with Gasteiger partial charge in [0.1, 0.15) is 5.82 Å². The second-order valence-electron chi connectivity index (χ2n) is 3.34. The number of alkyl halides is 3. The summed E-state index contributed by atoms with van der Waals surface area (Å²) in [5, 5.41) is 0. The highest BCUT2D eigenvalue weighted by molar-refractivity contribution is 5.27. The van der Waals surface area contributed by atoms with E-state index >= 15 is 0 Å². The third kappa shape index (κ3) is 2.23. The number of rotatable bonds is 3. The lowest BCUT2D eigenvalue weighted by Gasteiger charge is -2.21. The van der Waals surface area contributed by atoms with Crippen molar-refractivity contribution in [3.63, 3.8) is 0 Å². The molecule has 0 fully saturated rings. The molecule has 1 rings (SSSR count). The molecule has 0 radical (unpaired) electrons. The normalized spacial score (nSPS) is 13.9. The van der Waals surface area contributed by atoms with E-state index in [0.29, 0.717) is 0 Å². The number of hydrogen-bond acceptors (Lipinski definition) is 0. The fraction of sp³-hybridized carbons (Fsp3) is 0.400. The highest BCUT2D eigenvalue weighted by atomic mass is 19.3. The van der Waals surface area contributed by atoms with Gasteiger partial charge in [0, 0.05) is 6.07 Å². The molecule has 0 N–H and O–H groups in total. The Morgan fingerprint density at radius 2 is 1.59 bits per heavy atom. The Kier molecular flexibility index (Phi) is 3.68. The van der Waals surface area contributed by atoms with E-state index < -0.39 is 47.3 Å². The minimum absolute atomic E-state index is 0.246. The van der Waals surface area contributed by atoms with Crippen LogP contribution in [0.1, 0.15) is 18.9 Å². The molecule has 96 valence electrons. The van der Waals surface area contributed by atoms with Gasteiger partial charge in [-0.15, -0.1) is 0 Å². The van der Waals surface area contributed by atoms with Crippen LogP contribution in [-0.4, -0.2) is 6.17 Å². The van der Waals surface area contributed by atoms with Crippen LogP contribution in [-0.2, 0) is 5.92 Å². The van der Waals surface area contributed by atoms with Gasteiger partial charge in [0.05, 0.1) is 5.56 Å². The van der Waals surface area contributed by atoms with Crippen molar-refractivity contribution in [1.82, 2.24) is 0 Å². The Bertz CT molecular complexity index is 427. The molecule has 0 heterocycles. The monoisotopic (exact) mass is 260 g/mol. The molecular formula is C10H7F7. The van der Waals surface area contributed by atoms with Gasteiger partial charge in [-0.1, -0.05) is 6.92 Å². The predicted octanol–water partition coefficient (Wildman–Crippen LogP) is 4.08. The first-order valence-corrected chi connectivity index (χ1v) is 4.58. The molecule has 0 saturated carbocycles. The van der Waals surface area contributed by atoms with Crippen LogP contribution in [0.5, 0.6) is 0 Å². The van der Waals surface area contributed by atoms with E-state index in [1.54, 1.807) is 0 Å². The first-order valence-electron chi connectivity index (χ1n) is 4.58. The second-order valence-corrected chi connectivity index (χ2v) is 3.34. The minimum atomic E-state index is -4.56. The first kappa shape index (κ1) is 13.8. The maximum absolute atomic E-state index is 13.2. The molecule has 0 bridgehead atoms. The van der Waals surface area contributed by atoms with Crippen molar-refractivity contribution in [2.75, 3.05) is 0 Å². The molecule has 0 aromatic heterocycles. The molecule has 0 amide bonds. The molecule has 1 atom stereocenters. The average molecular weight is 260 g/mol. The molecule has 0 aliphatic carbocycles. The van der Waals surface area contributed by atoms with Gasteiger partial charge in [-0.2, -0.15) is 8.78 Å². The highest BCUT2D eigenvalue weighted by Gasteiger charge is 2.46. The molecule has 1 aromatic carbocycles. The van der Waals surface area contributed by atoms with E-state index in [9.17, 15) is 30.7 Å². The van der Waals surface area contributed by atoms with Crippen molar-refractivity contribution < 1.29 is 30.7 Å². The summed E-state index contributed by atoms with van der Waals surface area (Å²) in [7, 11) is 0. The van der Waals surface area contributed by atoms with Gasteiger partial charge in [0.2, 0.25) is 0 Å². The van der Waals surface area contributed by atoms with Gasteiger partial charge in [0.15, 0.2) is 23.6 Å². The molecule has 1 aromatic rings. The van der Waals surface area contributed by atoms with Crippen molar-refractivity contribution in [3.05, 3.63) is 34.9 Å². The maximum atomic E-state index is 13.2. The molecule has 17 heavy (non-hydrogen) atoms. The zero-order valence-corrected chi connectivity index (χ0v) is 8.51. The lowest BCUT2D eigenvalue weighted by atomic mass is 10.0. The summed E-state index contributed by atoms with van der Waals surface area (Å²) < 4.78 is 90.6. The van der Waals surface area contributed by atoms with Crippen LogP contribution >= 0.6 is 0 Å². The van der Waals surface area contributed by atoms with E-state index in [0.717, 1.165) is 6.92 Å². The van der Waals surface area contributed by atoms with Crippen LogP contribution in [0.25, 0.3) is 0 Å². The van der Waals surface area contributed by atoms with Crippen LogP contribution < -0.4 is 0 Å².